The second kappa shape index (κ2) is 8.44. The van der Waals surface area contributed by atoms with E-state index in [0.29, 0.717) is 24.1 Å². The number of carbonyl (C=O) groups excluding carboxylic acids is 1. The Hall–Kier alpha value is -3.94. The Balaban J connectivity index is 1.07. The van der Waals surface area contributed by atoms with Crippen LogP contribution in [0.15, 0.2) is 61.2 Å². The number of ether oxygens (including phenoxy) is 1. The number of hydrogen-bond acceptors (Lipinski definition) is 6. The number of aromatic nitrogens is 4. The molecule has 3 aromatic heterocycles. The van der Waals surface area contributed by atoms with Gasteiger partial charge in [-0.05, 0) is 60.4 Å². The molecule has 0 spiro atoms. The van der Waals surface area contributed by atoms with E-state index in [0.717, 1.165) is 29.1 Å². The van der Waals surface area contributed by atoms with Gasteiger partial charge in [0.25, 0.3) is 0 Å². The van der Waals surface area contributed by atoms with E-state index >= 15 is 0 Å². The van der Waals surface area contributed by atoms with Crippen LogP contribution in [0.4, 0.5) is 11.6 Å². The lowest BCUT2D eigenvalue weighted by molar-refractivity contribution is -0.117. The van der Waals surface area contributed by atoms with Crippen molar-refractivity contribution in [2.45, 2.75) is 37.6 Å². The molecule has 2 fully saturated rings. The fraction of sp³-hybridized carbons (Fsp3) is 0.308. The van der Waals surface area contributed by atoms with Crippen molar-refractivity contribution in [3.05, 3.63) is 78.0 Å². The molecular weight excluding hydrogens is 428 g/mol. The van der Waals surface area contributed by atoms with Gasteiger partial charge < -0.3 is 19.8 Å². The molecule has 172 valence electrons. The number of amides is 1. The lowest BCUT2D eigenvalue weighted by Crippen LogP contribution is -2.16. The van der Waals surface area contributed by atoms with Crippen LogP contribution in [0.3, 0.4) is 0 Å². The fourth-order valence-electron chi connectivity index (χ4n) is 4.45. The molecule has 1 amide bonds. The smallest absolute Gasteiger partial charge is 0.229 e. The lowest BCUT2D eigenvalue weighted by Gasteiger charge is -2.07. The quantitative estimate of drug-likeness (QED) is 0.411. The van der Waals surface area contributed by atoms with Gasteiger partial charge >= 0.3 is 0 Å². The summed E-state index contributed by atoms with van der Waals surface area (Å²) in [6.07, 6.45) is 9.07. The second-order valence-corrected chi connectivity index (χ2v) is 9.09. The van der Waals surface area contributed by atoms with Gasteiger partial charge in [0, 0.05) is 24.4 Å². The number of hydrogen-bond donors (Lipinski definition) is 2. The maximum atomic E-state index is 12.7. The molecule has 2 aliphatic carbocycles. The third-order valence-corrected chi connectivity index (χ3v) is 6.59. The zero-order valence-electron chi connectivity index (χ0n) is 18.9. The molecule has 2 aliphatic rings. The van der Waals surface area contributed by atoms with E-state index in [1.807, 2.05) is 30.5 Å². The predicted octanol–water partition coefficient (Wildman–Crippen LogP) is 4.36. The van der Waals surface area contributed by atoms with Crippen molar-refractivity contribution in [3.8, 4) is 5.75 Å². The molecule has 34 heavy (non-hydrogen) atoms. The highest BCUT2D eigenvalue weighted by Gasteiger charge is 2.44. The van der Waals surface area contributed by atoms with Crippen molar-refractivity contribution in [3.63, 3.8) is 0 Å². The van der Waals surface area contributed by atoms with E-state index in [2.05, 4.69) is 48.3 Å². The van der Waals surface area contributed by atoms with E-state index in [-0.39, 0.29) is 17.7 Å². The van der Waals surface area contributed by atoms with Crippen LogP contribution in [0.25, 0.3) is 5.65 Å². The SMILES string of the molecule is COc1cccc(C2CC2C(=O)Nc2cc(NCc3cn4cc(C5CC5)ccc4n3)ncn2)c1. The molecule has 2 atom stereocenters. The maximum Gasteiger partial charge on any atom is 0.229 e. The van der Waals surface area contributed by atoms with Gasteiger partial charge in [0.15, 0.2) is 0 Å². The lowest BCUT2D eigenvalue weighted by atomic mass is 10.1. The van der Waals surface area contributed by atoms with Crippen molar-refractivity contribution < 1.29 is 9.53 Å². The summed E-state index contributed by atoms with van der Waals surface area (Å²) in [6.45, 7) is 0.533. The number of carbonyl (C=O) groups is 1. The summed E-state index contributed by atoms with van der Waals surface area (Å²) < 4.78 is 7.38. The Bertz CT molecular complexity index is 1360. The van der Waals surface area contributed by atoms with Crippen LogP contribution >= 0.6 is 0 Å². The van der Waals surface area contributed by atoms with Gasteiger partial charge in [0.2, 0.25) is 5.91 Å². The number of imidazole rings is 1. The van der Waals surface area contributed by atoms with E-state index < -0.39 is 0 Å². The number of nitrogens with zero attached hydrogens (tertiary/aromatic N) is 4. The molecule has 2 N–H and O–H groups in total. The van der Waals surface area contributed by atoms with Gasteiger partial charge in [0.1, 0.15) is 29.4 Å². The summed E-state index contributed by atoms with van der Waals surface area (Å²) in [7, 11) is 1.65. The maximum absolute atomic E-state index is 12.7. The van der Waals surface area contributed by atoms with Gasteiger partial charge in [-0.25, -0.2) is 15.0 Å². The number of rotatable bonds is 8. The molecule has 0 saturated heterocycles. The highest BCUT2D eigenvalue weighted by molar-refractivity contribution is 5.94. The van der Waals surface area contributed by atoms with Gasteiger partial charge in [-0.2, -0.15) is 0 Å². The van der Waals surface area contributed by atoms with Crippen molar-refractivity contribution in [2.75, 3.05) is 17.7 Å². The molecule has 0 aliphatic heterocycles. The molecule has 1 aromatic carbocycles. The van der Waals surface area contributed by atoms with E-state index in [1.165, 1.54) is 24.7 Å². The number of pyridine rings is 1. The van der Waals surface area contributed by atoms with Crippen LogP contribution in [-0.2, 0) is 11.3 Å². The summed E-state index contributed by atoms with van der Waals surface area (Å²) in [5, 5.41) is 6.22. The Morgan fingerprint density at radius 3 is 2.82 bits per heavy atom. The van der Waals surface area contributed by atoms with Gasteiger partial charge in [-0.15, -0.1) is 0 Å². The standard InChI is InChI=1S/C26H26N6O2/c1-34-20-4-2-3-17(9-20)21-10-22(21)26(33)31-24-11-23(28-15-29-24)27-12-19-14-32-13-18(16-5-6-16)7-8-25(32)30-19/h2-4,7-9,11,13-16,21-22H,5-6,10,12H2,1H3,(H2,27,28,29,31,33). The summed E-state index contributed by atoms with van der Waals surface area (Å²) in [5.41, 5.74) is 4.37. The summed E-state index contributed by atoms with van der Waals surface area (Å²) in [4.78, 5) is 25.9. The van der Waals surface area contributed by atoms with Crippen molar-refractivity contribution in [1.82, 2.24) is 19.4 Å². The summed E-state index contributed by atoms with van der Waals surface area (Å²) >= 11 is 0. The molecule has 0 radical (unpaired) electrons. The third kappa shape index (κ3) is 4.31. The first-order chi connectivity index (χ1) is 16.7. The second-order valence-electron chi connectivity index (χ2n) is 9.09. The molecule has 4 aromatic rings. The van der Waals surface area contributed by atoms with Crippen LogP contribution in [0.1, 0.15) is 47.9 Å². The molecule has 3 heterocycles. The minimum Gasteiger partial charge on any atom is -0.497 e. The number of anilines is 2. The van der Waals surface area contributed by atoms with Crippen LogP contribution in [0, 0.1) is 5.92 Å². The monoisotopic (exact) mass is 454 g/mol. The number of fused-ring (bicyclic) bond motifs is 1. The predicted molar refractivity (Wildman–Crippen MR) is 129 cm³/mol. The molecule has 2 saturated carbocycles. The van der Waals surface area contributed by atoms with Crippen molar-refractivity contribution in [1.29, 1.82) is 0 Å². The molecule has 8 heteroatoms. The van der Waals surface area contributed by atoms with Crippen LogP contribution in [0.2, 0.25) is 0 Å². The Labute approximate surface area is 197 Å². The van der Waals surface area contributed by atoms with Gasteiger partial charge in [-0.1, -0.05) is 18.2 Å². The van der Waals surface area contributed by atoms with Crippen molar-refractivity contribution >= 4 is 23.2 Å². The van der Waals surface area contributed by atoms with Gasteiger partial charge in [0.05, 0.1) is 19.3 Å². The zero-order valence-corrected chi connectivity index (χ0v) is 18.9. The topological polar surface area (TPSA) is 93.4 Å². The largest absolute Gasteiger partial charge is 0.497 e. The minimum absolute atomic E-state index is 0.0238. The Morgan fingerprint density at radius 1 is 1.09 bits per heavy atom. The number of benzene rings is 1. The fourth-order valence-corrected chi connectivity index (χ4v) is 4.45. The number of methoxy groups -OCH3 is 1. The third-order valence-electron chi connectivity index (χ3n) is 6.59. The first-order valence-corrected chi connectivity index (χ1v) is 11.6. The van der Waals surface area contributed by atoms with Crippen LogP contribution in [0.5, 0.6) is 5.75 Å². The average molecular weight is 455 g/mol. The first-order valence-electron chi connectivity index (χ1n) is 11.6. The average Bonchev–Trinajstić information content (AvgIpc) is 3.79. The summed E-state index contributed by atoms with van der Waals surface area (Å²) in [5.74, 6) is 2.78. The zero-order chi connectivity index (χ0) is 23.1. The van der Waals surface area contributed by atoms with Crippen molar-refractivity contribution in [2.24, 2.45) is 5.92 Å². The molecular formula is C26H26N6O2. The summed E-state index contributed by atoms with van der Waals surface area (Å²) in [6, 6.07) is 13.9. The Morgan fingerprint density at radius 2 is 1.97 bits per heavy atom. The normalized spacial score (nSPS) is 19.1. The van der Waals surface area contributed by atoms with Crippen LogP contribution in [-0.4, -0.2) is 32.4 Å². The number of nitrogens with one attached hydrogen (secondary N) is 2. The molecule has 8 nitrogen and oxygen atoms in total. The molecule has 6 rings (SSSR count). The highest BCUT2D eigenvalue weighted by Crippen LogP contribution is 2.48. The van der Waals surface area contributed by atoms with E-state index in [4.69, 9.17) is 4.74 Å². The minimum atomic E-state index is -0.0583. The van der Waals surface area contributed by atoms with E-state index in [1.54, 1.807) is 13.2 Å². The van der Waals surface area contributed by atoms with Gasteiger partial charge in [-0.3, -0.25) is 4.79 Å². The highest BCUT2D eigenvalue weighted by atomic mass is 16.5. The molecule has 0 bridgehead atoms. The van der Waals surface area contributed by atoms with E-state index in [9.17, 15) is 4.79 Å². The Kier molecular flexibility index (Phi) is 5.13. The molecule has 2 unspecified atom stereocenters. The van der Waals surface area contributed by atoms with Crippen LogP contribution < -0.4 is 15.4 Å². The first kappa shape index (κ1) is 20.7.